The Balaban J connectivity index is 2.31. The van der Waals surface area contributed by atoms with Crippen LogP contribution in [-0.2, 0) is 4.79 Å². The quantitative estimate of drug-likeness (QED) is 0.570. The van der Waals surface area contributed by atoms with Gasteiger partial charge in [0.05, 0.1) is 0 Å². The molecular formula is C11H12O3S. The molecule has 1 rings (SSSR count). The summed E-state index contributed by atoms with van der Waals surface area (Å²) in [6.45, 7) is 1.55. The average molecular weight is 224 g/mol. The monoisotopic (exact) mass is 224 g/mol. The summed E-state index contributed by atoms with van der Waals surface area (Å²) in [7, 11) is 0. The number of rotatable bonds is 5. The van der Waals surface area contributed by atoms with E-state index in [9.17, 15) is 9.59 Å². The van der Waals surface area contributed by atoms with E-state index < -0.39 is 0 Å². The Hall–Kier alpha value is -1.29. The van der Waals surface area contributed by atoms with Gasteiger partial charge in [-0.3, -0.25) is 9.59 Å². The number of carbonyl (C=O) groups is 2. The lowest BCUT2D eigenvalue weighted by Gasteiger charge is -1.90. The van der Waals surface area contributed by atoms with E-state index in [0.29, 0.717) is 17.8 Å². The van der Waals surface area contributed by atoms with E-state index in [1.165, 1.54) is 11.8 Å². The molecule has 80 valence electrons. The number of thioether (sulfide) groups is 1. The van der Waals surface area contributed by atoms with Crippen molar-refractivity contribution in [3.8, 4) is 0 Å². The first-order valence-electron chi connectivity index (χ1n) is 4.57. The van der Waals surface area contributed by atoms with E-state index in [-0.39, 0.29) is 5.12 Å². The molecule has 0 aliphatic heterocycles. The Bertz CT molecular complexity index is 366. The van der Waals surface area contributed by atoms with Crippen LogP contribution in [0.2, 0.25) is 0 Å². The van der Waals surface area contributed by atoms with Crippen molar-refractivity contribution in [1.82, 2.24) is 0 Å². The summed E-state index contributed by atoms with van der Waals surface area (Å²) in [6, 6.07) is 3.36. The van der Waals surface area contributed by atoms with Gasteiger partial charge in [-0.15, -0.1) is 0 Å². The number of hydrogen-bond donors (Lipinski definition) is 0. The third-order valence-electron chi connectivity index (χ3n) is 1.64. The van der Waals surface area contributed by atoms with Crippen LogP contribution in [0.5, 0.6) is 0 Å². The second-order valence-electron chi connectivity index (χ2n) is 2.89. The van der Waals surface area contributed by atoms with Crippen molar-refractivity contribution < 1.29 is 14.0 Å². The van der Waals surface area contributed by atoms with Gasteiger partial charge in [0.2, 0.25) is 0 Å². The molecule has 0 atom stereocenters. The third kappa shape index (κ3) is 4.65. The molecule has 4 heteroatoms. The lowest BCUT2D eigenvalue weighted by atomic mass is 10.3. The molecule has 0 saturated heterocycles. The lowest BCUT2D eigenvalue weighted by molar-refractivity contribution is -0.109. The van der Waals surface area contributed by atoms with Crippen molar-refractivity contribution in [2.45, 2.75) is 13.3 Å². The number of carbonyl (C=O) groups excluding carboxylic acids is 2. The fourth-order valence-corrected chi connectivity index (χ4v) is 1.53. The maximum Gasteiger partial charge on any atom is 0.185 e. The Morgan fingerprint density at radius 3 is 2.80 bits per heavy atom. The standard InChI is InChI=1S/C11H12O3S/c1-9(13)15-7-3-2-4-10-5-6-11(8-12)14-10/h2,4-6,8H,3,7H2,1H3. The molecule has 0 amide bonds. The smallest absolute Gasteiger partial charge is 0.185 e. The zero-order chi connectivity index (χ0) is 11.1. The molecule has 0 radical (unpaired) electrons. The first-order valence-corrected chi connectivity index (χ1v) is 5.56. The van der Waals surface area contributed by atoms with Gasteiger partial charge in [0.15, 0.2) is 17.2 Å². The van der Waals surface area contributed by atoms with E-state index in [4.69, 9.17) is 4.42 Å². The Morgan fingerprint density at radius 2 is 2.20 bits per heavy atom. The topological polar surface area (TPSA) is 47.3 Å². The zero-order valence-electron chi connectivity index (χ0n) is 8.43. The summed E-state index contributed by atoms with van der Waals surface area (Å²) < 4.78 is 5.13. The van der Waals surface area contributed by atoms with E-state index in [1.54, 1.807) is 25.1 Å². The van der Waals surface area contributed by atoms with Crippen LogP contribution in [0.1, 0.15) is 29.7 Å². The normalized spacial score (nSPS) is 10.7. The van der Waals surface area contributed by atoms with Gasteiger partial charge in [-0.1, -0.05) is 17.8 Å². The minimum atomic E-state index is 0.129. The van der Waals surface area contributed by atoms with Crippen LogP contribution in [0, 0.1) is 0 Å². The van der Waals surface area contributed by atoms with Crippen LogP contribution in [0.15, 0.2) is 22.6 Å². The first kappa shape index (κ1) is 11.8. The Morgan fingerprint density at radius 1 is 1.47 bits per heavy atom. The maximum absolute atomic E-state index is 10.6. The molecule has 0 bridgehead atoms. The summed E-state index contributed by atoms with van der Waals surface area (Å²) in [5.74, 6) is 1.75. The van der Waals surface area contributed by atoms with Gasteiger partial charge in [-0.2, -0.15) is 0 Å². The highest BCUT2D eigenvalue weighted by molar-refractivity contribution is 8.13. The molecule has 0 aliphatic carbocycles. The maximum atomic E-state index is 10.6. The van der Waals surface area contributed by atoms with E-state index in [1.807, 2.05) is 6.08 Å². The first-order chi connectivity index (χ1) is 7.22. The highest BCUT2D eigenvalue weighted by atomic mass is 32.2. The van der Waals surface area contributed by atoms with Gasteiger partial charge in [0, 0.05) is 12.7 Å². The Labute approximate surface area is 92.5 Å². The summed E-state index contributed by atoms with van der Waals surface area (Å²) in [4.78, 5) is 20.9. The minimum absolute atomic E-state index is 0.129. The second kappa shape index (κ2) is 6.24. The molecule has 0 saturated carbocycles. The van der Waals surface area contributed by atoms with Crippen LogP contribution in [0.3, 0.4) is 0 Å². The highest BCUT2D eigenvalue weighted by Crippen LogP contribution is 2.09. The summed E-state index contributed by atoms with van der Waals surface area (Å²) in [5.41, 5.74) is 0. The second-order valence-corrected chi connectivity index (χ2v) is 4.16. The van der Waals surface area contributed by atoms with Gasteiger partial charge in [0.1, 0.15) is 5.76 Å². The van der Waals surface area contributed by atoms with Crippen LogP contribution < -0.4 is 0 Å². The van der Waals surface area contributed by atoms with Gasteiger partial charge in [-0.25, -0.2) is 0 Å². The largest absolute Gasteiger partial charge is 0.454 e. The molecule has 1 aromatic heterocycles. The van der Waals surface area contributed by atoms with Crippen LogP contribution >= 0.6 is 11.8 Å². The van der Waals surface area contributed by atoms with Gasteiger partial charge < -0.3 is 4.42 Å². The molecule has 0 fully saturated rings. The van der Waals surface area contributed by atoms with Crippen molar-refractivity contribution >= 4 is 29.2 Å². The molecule has 0 spiro atoms. The molecule has 15 heavy (non-hydrogen) atoms. The van der Waals surface area contributed by atoms with E-state index in [2.05, 4.69) is 0 Å². The van der Waals surface area contributed by atoms with Crippen LogP contribution in [0.4, 0.5) is 0 Å². The van der Waals surface area contributed by atoms with E-state index in [0.717, 1.165) is 12.2 Å². The number of hydrogen-bond acceptors (Lipinski definition) is 4. The molecular weight excluding hydrogens is 212 g/mol. The lowest BCUT2D eigenvalue weighted by Crippen LogP contribution is -1.83. The average Bonchev–Trinajstić information content (AvgIpc) is 2.65. The van der Waals surface area contributed by atoms with E-state index >= 15 is 0 Å². The summed E-state index contributed by atoms with van der Waals surface area (Å²) in [5, 5.41) is 0.129. The molecule has 0 aliphatic rings. The molecule has 0 N–H and O–H groups in total. The molecule has 0 aromatic carbocycles. The van der Waals surface area contributed by atoms with Crippen molar-refractivity contribution in [2.75, 3.05) is 5.75 Å². The molecule has 1 heterocycles. The van der Waals surface area contributed by atoms with Crippen molar-refractivity contribution in [1.29, 1.82) is 0 Å². The minimum Gasteiger partial charge on any atom is -0.454 e. The number of aldehydes is 1. The predicted octanol–water partition coefficient (Wildman–Crippen LogP) is 2.78. The Kier molecular flexibility index (Phi) is 4.90. The number of furan rings is 1. The number of allylic oxidation sites excluding steroid dienone is 1. The summed E-state index contributed by atoms with van der Waals surface area (Å²) in [6.07, 6.45) is 5.20. The molecule has 1 aromatic rings. The van der Waals surface area contributed by atoms with Gasteiger partial charge in [0.25, 0.3) is 0 Å². The van der Waals surface area contributed by atoms with Gasteiger partial charge in [-0.05, 0) is 24.6 Å². The SMILES string of the molecule is CC(=O)SCCC=Cc1ccc(C=O)o1. The van der Waals surface area contributed by atoms with Gasteiger partial charge >= 0.3 is 0 Å². The fourth-order valence-electron chi connectivity index (χ4n) is 0.991. The van der Waals surface area contributed by atoms with Crippen molar-refractivity contribution in [2.24, 2.45) is 0 Å². The zero-order valence-corrected chi connectivity index (χ0v) is 9.25. The van der Waals surface area contributed by atoms with Crippen molar-refractivity contribution in [3.05, 3.63) is 29.7 Å². The molecule has 0 unspecified atom stereocenters. The van der Waals surface area contributed by atoms with Crippen molar-refractivity contribution in [3.63, 3.8) is 0 Å². The third-order valence-corrected chi connectivity index (χ3v) is 2.48. The van der Waals surface area contributed by atoms with Crippen LogP contribution in [-0.4, -0.2) is 17.2 Å². The van der Waals surface area contributed by atoms with Crippen LogP contribution in [0.25, 0.3) is 6.08 Å². The summed E-state index contributed by atoms with van der Waals surface area (Å²) >= 11 is 1.30. The highest BCUT2D eigenvalue weighted by Gasteiger charge is 1.96. The predicted molar refractivity (Wildman–Crippen MR) is 60.9 cm³/mol. The fraction of sp³-hybridized carbons (Fsp3) is 0.273. The molecule has 3 nitrogen and oxygen atoms in total.